The maximum absolute atomic E-state index is 13.3. The molecule has 154 valence electrons. The smallest absolute Gasteiger partial charge is 0.270 e. The Morgan fingerprint density at radius 1 is 1.14 bits per heavy atom. The van der Waals surface area contributed by atoms with Gasteiger partial charge in [-0.2, -0.15) is 4.31 Å². The van der Waals surface area contributed by atoms with Crippen LogP contribution in [-0.4, -0.2) is 57.0 Å². The molecule has 0 bridgehead atoms. The molecule has 3 heterocycles. The fourth-order valence-electron chi connectivity index (χ4n) is 3.58. The molecule has 2 aromatic rings. The zero-order chi connectivity index (χ0) is 20.4. The van der Waals surface area contributed by atoms with Crippen LogP contribution in [0, 0.1) is 10.1 Å². The zero-order valence-corrected chi connectivity index (χ0v) is 17.3. The first-order chi connectivity index (χ1) is 14.0. The number of nitrogens with zero attached hydrogens (tertiary/aromatic N) is 3. The molecule has 1 saturated heterocycles. The van der Waals surface area contributed by atoms with Crippen LogP contribution in [0.5, 0.6) is 0 Å². The summed E-state index contributed by atoms with van der Waals surface area (Å²) in [5.74, 6) is 0. The van der Waals surface area contributed by atoms with Gasteiger partial charge in [0.1, 0.15) is 4.90 Å². The van der Waals surface area contributed by atoms with Crippen LogP contribution in [-0.2, 0) is 14.8 Å². The number of morpholine rings is 1. The summed E-state index contributed by atoms with van der Waals surface area (Å²) in [6, 6.07) is 8.18. The number of sulfonamides is 1. The van der Waals surface area contributed by atoms with Gasteiger partial charge < -0.3 is 9.64 Å². The lowest BCUT2D eigenvalue weighted by molar-refractivity contribution is -0.385. The molecule has 0 atom stereocenters. The zero-order valence-electron chi connectivity index (χ0n) is 15.7. The summed E-state index contributed by atoms with van der Waals surface area (Å²) in [4.78, 5) is 13.9. The van der Waals surface area contributed by atoms with Crippen molar-refractivity contribution < 1.29 is 18.1 Å². The Labute approximate surface area is 173 Å². The lowest BCUT2D eigenvalue weighted by atomic mass is 10.1. The Balaban J connectivity index is 1.69. The fourth-order valence-corrected chi connectivity index (χ4v) is 6.02. The second kappa shape index (κ2) is 8.23. The standard InChI is InChI=1S/C19H21N3O5S2/c23-22(24)16-3-4-17(19(14-16)29(25,26)21-9-11-27-12-10-21)20-7-5-15(6-8-20)18-2-1-13-28-18/h1-5,13-14H,6-12H2. The van der Waals surface area contributed by atoms with Gasteiger partial charge in [0.2, 0.25) is 10.0 Å². The van der Waals surface area contributed by atoms with E-state index >= 15 is 0 Å². The Morgan fingerprint density at radius 3 is 2.55 bits per heavy atom. The highest BCUT2D eigenvalue weighted by Gasteiger charge is 2.32. The summed E-state index contributed by atoms with van der Waals surface area (Å²) in [5.41, 5.74) is 1.52. The van der Waals surface area contributed by atoms with E-state index in [9.17, 15) is 18.5 Å². The van der Waals surface area contributed by atoms with E-state index in [1.807, 2.05) is 16.3 Å². The number of hydrogen-bond donors (Lipinski definition) is 0. The van der Waals surface area contributed by atoms with E-state index in [-0.39, 0.29) is 23.7 Å². The molecule has 1 aromatic heterocycles. The van der Waals surface area contributed by atoms with Crippen LogP contribution in [0.15, 0.2) is 46.7 Å². The second-order valence-corrected chi connectivity index (χ2v) is 9.68. The van der Waals surface area contributed by atoms with E-state index in [0.29, 0.717) is 32.0 Å². The lowest BCUT2D eigenvalue weighted by Crippen LogP contribution is -2.41. The van der Waals surface area contributed by atoms with Crippen molar-refractivity contribution in [2.75, 3.05) is 44.3 Å². The third kappa shape index (κ3) is 4.06. The monoisotopic (exact) mass is 435 g/mol. The molecule has 0 radical (unpaired) electrons. The van der Waals surface area contributed by atoms with Crippen molar-refractivity contribution in [1.29, 1.82) is 0 Å². The molecule has 1 aromatic carbocycles. The lowest BCUT2D eigenvalue weighted by Gasteiger charge is -2.32. The largest absolute Gasteiger partial charge is 0.379 e. The number of hydrogen-bond acceptors (Lipinski definition) is 7. The van der Waals surface area contributed by atoms with Gasteiger partial charge in [-0.05, 0) is 29.5 Å². The number of nitro groups is 1. The number of ether oxygens (including phenoxy) is 1. The second-order valence-electron chi connectivity index (χ2n) is 6.83. The first-order valence-electron chi connectivity index (χ1n) is 9.31. The molecular weight excluding hydrogens is 414 g/mol. The van der Waals surface area contributed by atoms with E-state index in [4.69, 9.17) is 4.74 Å². The molecule has 29 heavy (non-hydrogen) atoms. The topological polar surface area (TPSA) is 93.0 Å². The van der Waals surface area contributed by atoms with E-state index in [1.54, 1.807) is 17.4 Å². The number of benzene rings is 1. The van der Waals surface area contributed by atoms with Gasteiger partial charge in [-0.15, -0.1) is 11.3 Å². The highest BCUT2D eigenvalue weighted by molar-refractivity contribution is 7.89. The van der Waals surface area contributed by atoms with E-state index < -0.39 is 14.9 Å². The van der Waals surface area contributed by atoms with Crippen LogP contribution >= 0.6 is 11.3 Å². The van der Waals surface area contributed by atoms with E-state index in [0.717, 1.165) is 6.42 Å². The normalized spacial score (nSPS) is 18.5. The molecule has 0 unspecified atom stereocenters. The van der Waals surface area contributed by atoms with Gasteiger partial charge >= 0.3 is 0 Å². The van der Waals surface area contributed by atoms with Gasteiger partial charge in [-0.1, -0.05) is 12.1 Å². The quantitative estimate of drug-likeness (QED) is 0.530. The summed E-state index contributed by atoms with van der Waals surface area (Å²) in [6.07, 6.45) is 2.89. The molecule has 0 aliphatic carbocycles. The van der Waals surface area contributed by atoms with Crippen LogP contribution in [0.4, 0.5) is 11.4 Å². The first-order valence-corrected chi connectivity index (χ1v) is 11.6. The summed E-state index contributed by atoms with van der Waals surface area (Å²) in [5, 5.41) is 13.3. The van der Waals surface area contributed by atoms with E-state index in [1.165, 1.54) is 26.9 Å². The predicted molar refractivity (Wildman–Crippen MR) is 112 cm³/mol. The number of nitro benzene ring substituents is 1. The highest BCUT2D eigenvalue weighted by Crippen LogP contribution is 2.35. The highest BCUT2D eigenvalue weighted by atomic mass is 32.2. The number of anilines is 1. The van der Waals surface area contributed by atoms with Crippen molar-refractivity contribution in [1.82, 2.24) is 4.31 Å². The third-order valence-electron chi connectivity index (χ3n) is 5.13. The third-order valence-corrected chi connectivity index (χ3v) is 8.00. The Bertz CT molecular complexity index is 1030. The average molecular weight is 436 g/mol. The summed E-state index contributed by atoms with van der Waals surface area (Å²) >= 11 is 1.68. The number of thiophene rings is 1. The van der Waals surface area contributed by atoms with Crippen molar-refractivity contribution in [2.24, 2.45) is 0 Å². The van der Waals surface area contributed by atoms with Crippen molar-refractivity contribution in [3.05, 3.63) is 56.8 Å². The molecule has 10 heteroatoms. The van der Waals surface area contributed by atoms with Crippen molar-refractivity contribution in [2.45, 2.75) is 11.3 Å². The van der Waals surface area contributed by atoms with Gasteiger partial charge in [0.05, 0.1) is 23.8 Å². The van der Waals surface area contributed by atoms with Gasteiger partial charge in [-0.25, -0.2) is 8.42 Å². The van der Waals surface area contributed by atoms with Gasteiger partial charge in [0.15, 0.2) is 0 Å². The predicted octanol–water partition coefficient (Wildman–Crippen LogP) is 2.97. The van der Waals surface area contributed by atoms with Gasteiger partial charge in [-0.3, -0.25) is 10.1 Å². The summed E-state index contributed by atoms with van der Waals surface area (Å²) in [6.45, 7) is 2.32. The fraction of sp³-hybridized carbons (Fsp3) is 0.368. The average Bonchev–Trinajstić information content (AvgIpc) is 3.29. The molecule has 0 N–H and O–H groups in total. The molecule has 2 aliphatic rings. The molecule has 0 amide bonds. The number of rotatable bonds is 5. The van der Waals surface area contributed by atoms with Gasteiger partial charge in [0.25, 0.3) is 5.69 Å². The van der Waals surface area contributed by atoms with Crippen LogP contribution in [0.1, 0.15) is 11.3 Å². The maximum atomic E-state index is 13.3. The summed E-state index contributed by atoms with van der Waals surface area (Å²) < 4.78 is 33.2. The minimum Gasteiger partial charge on any atom is -0.379 e. The van der Waals surface area contributed by atoms with Crippen LogP contribution < -0.4 is 4.90 Å². The van der Waals surface area contributed by atoms with Gasteiger partial charge in [0, 0.05) is 43.2 Å². The minimum absolute atomic E-state index is 0.0124. The van der Waals surface area contributed by atoms with Crippen molar-refractivity contribution >= 4 is 38.3 Å². The molecule has 1 fully saturated rings. The minimum atomic E-state index is -3.87. The number of non-ortho nitro benzene ring substituents is 1. The van der Waals surface area contributed by atoms with Crippen molar-refractivity contribution in [3.8, 4) is 0 Å². The molecule has 0 saturated carbocycles. The van der Waals surface area contributed by atoms with Crippen LogP contribution in [0.2, 0.25) is 0 Å². The SMILES string of the molecule is O=[N+]([O-])c1ccc(N2CC=C(c3cccs3)CC2)c(S(=O)(=O)N2CCOCC2)c1. The molecule has 2 aliphatic heterocycles. The van der Waals surface area contributed by atoms with Crippen LogP contribution in [0.3, 0.4) is 0 Å². The Kier molecular flexibility index (Phi) is 5.68. The summed E-state index contributed by atoms with van der Waals surface area (Å²) in [7, 11) is -3.87. The maximum Gasteiger partial charge on any atom is 0.270 e. The Hall–Kier alpha value is -2.27. The van der Waals surface area contributed by atoms with Crippen LogP contribution in [0.25, 0.3) is 5.57 Å². The van der Waals surface area contributed by atoms with Crippen molar-refractivity contribution in [3.63, 3.8) is 0 Å². The Morgan fingerprint density at radius 2 is 1.93 bits per heavy atom. The molecule has 8 nitrogen and oxygen atoms in total. The molecule has 4 rings (SSSR count). The molecule has 0 spiro atoms. The molecular formula is C19H21N3O5S2. The first kappa shape index (κ1) is 20.0. The van der Waals surface area contributed by atoms with E-state index in [2.05, 4.69) is 12.1 Å².